The van der Waals surface area contributed by atoms with Gasteiger partial charge < -0.3 is 11.5 Å². The summed E-state index contributed by atoms with van der Waals surface area (Å²) in [6.45, 7) is 0. The van der Waals surface area contributed by atoms with Crippen LogP contribution in [0.5, 0.6) is 0 Å². The first-order chi connectivity index (χ1) is 10.6. The summed E-state index contributed by atoms with van der Waals surface area (Å²) < 4.78 is 0. The molecule has 22 heavy (non-hydrogen) atoms. The van der Waals surface area contributed by atoms with Crippen molar-refractivity contribution in [2.45, 2.75) is 24.9 Å². The number of hydrogen-bond acceptors (Lipinski definition) is 4. The van der Waals surface area contributed by atoms with E-state index in [0.717, 1.165) is 11.1 Å². The average Bonchev–Trinajstić information content (AvgIpc) is 2.55. The number of rotatable bonds is 7. The van der Waals surface area contributed by atoms with Crippen molar-refractivity contribution in [1.82, 2.24) is 0 Å². The molecule has 4 N–H and O–H groups in total. The molecular formula is C18H20N2O2. The minimum absolute atomic E-state index is 0.337. The Kier molecular flexibility index (Phi) is 5.58. The number of hydrogen-bond donors (Lipinski definition) is 2. The van der Waals surface area contributed by atoms with Crippen molar-refractivity contribution >= 4 is 11.6 Å². The summed E-state index contributed by atoms with van der Waals surface area (Å²) in [6, 6.07) is 17.1. The van der Waals surface area contributed by atoms with Gasteiger partial charge in [-0.2, -0.15) is 0 Å². The quantitative estimate of drug-likeness (QED) is 0.753. The summed E-state index contributed by atoms with van der Waals surface area (Å²) in [5.74, 6) is -1.21. The average molecular weight is 296 g/mol. The van der Waals surface area contributed by atoms with Crippen LogP contribution in [-0.2, 0) is 22.4 Å². The molecular weight excluding hydrogens is 276 g/mol. The van der Waals surface area contributed by atoms with Gasteiger partial charge in [-0.3, -0.25) is 9.59 Å². The third kappa shape index (κ3) is 4.35. The molecule has 0 unspecified atom stereocenters. The molecule has 2 aromatic carbocycles. The van der Waals surface area contributed by atoms with Gasteiger partial charge in [0.1, 0.15) is 0 Å². The summed E-state index contributed by atoms with van der Waals surface area (Å²) in [5.41, 5.74) is 13.6. The molecule has 0 amide bonds. The van der Waals surface area contributed by atoms with E-state index in [1.807, 2.05) is 60.7 Å². The van der Waals surface area contributed by atoms with E-state index in [9.17, 15) is 9.59 Å². The van der Waals surface area contributed by atoms with Gasteiger partial charge in [-0.25, -0.2) is 0 Å². The van der Waals surface area contributed by atoms with E-state index in [2.05, 4.69) is 0 Å². The van der Waals surface area contributed by atoms with Crippen molar-refractivity contribution in [3.63, 3.8) is 0 Å². The van der Waals surface area contributed by atoms with E-state index in [4.69, 9.17) is 11.5 Å². The zero-order valence-corrected chi connectivity index (χ0v) is 12.3. The van der Waals surface area contributed by atoms with Crippen LogP contribution in [0.1, 0.15) is 11.1 Å². The summed E-state index contributed by atoms with van der Waals surface area (Å²) in [7, 11) is 0. The van der Waals surface area contributed by atoms with Crippen molar-refractivity contribution in [2.75, 3.05) is 0 Å². The van der Waals surface area contributed by atoms with E-state index in [-0.39, 0.29) is 0 Å². The largest absolute Gasteiger partial charge is 0.321 e. The van der Waals surface area contributed by atoms with E-state index in [0.29, 0.717) is 12.8 Å². The molecule has 0 saturated carbocycles. The van der Waals surface area contributed by atoms with Crippen LogP contribution in [0.2, 0.25) is 0 Å². The Labute approximate surface area is 130 Å². The highest BCUT2D eigenvalue weighted by Crippen LogP contribution is 2.06. The fourth-order valence-electron chi connectivity index (χ4n) is 2.29. The molecule has 2 atom stereocenters. The van der Waals surface area contributed by atoms with Crippen molar-refractivity contribution in [2.24, 2.45) is 11.5 Å². The first-order valence-corrected chi connectivity index (χ1v) is 7.25. The monoisotopic (exact) mass is 296 g/mol. The van der Waals surface area contributed by atoms with Crippen LogP contribution in [0.25, 0.3) is 0 Å². The molecule has 0 aromatic heterocycles. The lowest BCUT2D eigenvalue weighted by Gasteiger charge is -2.14. The molecule has 0 aliphatic carbocycles. The van der Waals surface area contributed by atoms with Crippen molar-refractivity contribution in [3.05, 3.63) is 71.8 Å². The molecule has 0 aliphatic rings. The molecule has 0 bridgehead atoms. The summed E-state index contributed by atoms with van der Waals surface area (Å²) >= 11 is 0. The minimum atomic E-state index is -0.850. The number of ketones is 2. The highest BCUT2D eigenvalue weighted by Gasteiger charge is 2.27. The number of carbonyl (C=O) groups excluding carboxylic acids is 2. The van der Waals surface area contributed by atoms with Crippen LogP contribution in [0.15, 0.2) is 60.7 Å². The van der Waals surface area contributed by atoms with Crippen LogP contribution in [0.3, 0.4) is 0 Å². The highest BCUT2D eigenvalue weighted by molar-refractivity contribution is 6.41. The van der Waals surface area contributed by atoms with Crippen molar-refractivity contribution < 1.29 is 9.59 Å². The fourth-order valence-corrected chi connectivity index (χ4v) is 2.29. The van der Waals surface area contributed by atoms with Gasteiger partial charge in [0.2, 0.25) is 11.6 Å². The Morgan fingerprint density at radius 1 is 0.682 bits per heavy atom. The summed E-state index contributed by atoms with van der Waals surface area (Å²) in [6.07, 6.45) is 0.674. The van der Waals surface area contributed by atoms with Gasteiger partial charge in [-0.05, 0) is 24.0 Å². The summed E-state index contributed by atoms with van der Waals surface area (Å²) in [4.78, 5) is 24.2. The lowest BCUT2D eigenvalue weighted by atomic mass is 9.95. The molecule has 114 valence electrons. The number of Topliss-reactive ketones (excluding diaryl/α,β-unsaturated/α-hetero) is 2. The van der Waals surface area contributed by atoms with Crippen molar-refractivity contribution in [1.29, 1.82) is 0 Å². The third-order valence-electron chi connectivity index (χ3n) is 3.51. The first kappa shape index (κ1) is 16.1. The second-order valence-corrected chi connectivity index (χ2v) is 5.32. The first-order valence-electron chi connectivity index (χ1n) is 7.25. The number of nitrogens with two attached hydrogens (primary N) is 2. The Bertz CT molecular complexity index is 569. The molecule has 4 heteroatoms. The SMILES string of the molecule is N[C@@H](Cc1ccccc1)C(=O)C(=O)[C@@H](N)Cc1ccccc1. The molecule has 0 aliphatic heterocycles. The lowest BCUT2D eigenvalue weighted by Crippen LogP contribution is -2.46. The Morgan fingerprint density at radius 3 is 1.32 bits per heavy atom. The van der Waals surface area contributed by atoms with Crippen LogP contribution in [0.4, 0.5) is 0 Å². The Hall–Kier alpha value is -2.30. The summed E-state index contributed by atoms with van der Waals surface area (Å²) in [5, 5.41) is 0. The zero-order valence-electron chi connectivity index (χ0n) is 12.3. The van der Waals surface area contributed by atoms with Gasteiger partial charge in [0.05, 0.1) is 12.1 Å². The molecule has 2 aromatic rings. The van der Waals surface area contributed by atoms with E-state index >= 15 is 0 Å². The predicted octanol–water partition coefficient (Wildman–Crippen LogP) is 1.26. The molecule has 0 spiro atoms. The van der Waals surface area contributed by atoms with Gasteiger partial charge in [0.15, 0.2) is 0 Å². The van der Waals surface area contributed by atoms with Crippen LogP contribution < -0.4 is 11.5 Å². The zero-order chi connectivity index (χ0) is 15.9. The van der Waals surface area contributed by atoms with Gasteiger partial charge in [-0.15, -0.1) is 0 Å². The molecule has 0 radical (unpaired) electrons. The van der Waals surface area contributed by atoms with E-state index in [1.54, 1.807) is 0 Å². The van der Waals surface area contributed by atoms with Crippen molar-refractivity contribution in [3.8, 4) is 0 Å². The topological polar surface area (TPSA) is 86.2 Å². The van der Waals surface area contributed by atoms with Crippen LogP contribution in [-0.4, -0.2) is 23.7 Å². The molecule has 0 saturated heterocycles. The second kappa shape index (κ2) is 7.64. The molecule has 0 fully saturated rings. The molecule has 0 heterocycles. The third-order valence-corrected chi connectivity index (χ3v) is 3.51. The highest BCUT2D eigenvalue weighted by atomic mass is 16.2. The standard InChI is InChI=1S/C18H20N2O2/c19-15(11-13-7-3-1-4-8-13)17(21)18(22)16(20)12-14-9-5-2-6-10-14/h1-10,15-16H,11-12,19-20H2/t15-,16-/m0/s1. The van der Waals surface area contributed by atoms with E-state index in [1.165, 1.54) is 0 Å². The maximum absolute atomic E-state index is 12.1. The van der Waals surface area contributed by atoms with Gasteiger partial charge >= 0.3 is 0 Å². The maximum atomic E-state index is 12.1. The van der Waals surface area contributed by atoms with Crippen LogP contribution in [0, 0.1) is 0 Å². The van der Waals surface area contributed by atoms with Gasteiger partial charge in [0.25, 0.3) is 0 Å². The minimum Gasteiger partial charge on any atom is -0.321 e. The Balaban J connectivity index is 1.94. The lowest BCUT2D eigenvalue weighted by molar-refractivity contribution is -0.138. The second-order valence-electron chi connectivity index (χ2n) is 5.32. The van der Waals surface area contributed by atoms with Gasteiger partial charge in [0, 0.05) is 0 Å². The fraction of sp³-hybridized carbons (Fsp3) is 0.222. The predicted molar refractivity (Wildman–Crippen MR) is 86.3 cm³/mol. The number of carbonyl (C=O) groups is 2. The molecule has 4 nitrogen and oxygen atoms in total. The normalized spacial score (nSPS) is 13.4. The Morgan fingerprint density at radius 2 is 1.00 bits per heavy atom. The smallest absolute Gasteiger partial charge is 0.217 e. The van der Waals surface area contributed by atoms with Crippen LogP contribution >= 0.6 is 0 Å². The van der Waals surface area contributed by atoms with Gasteiger partial charge in [-0.1, -0.05) is 60.7 Å². The number of benzene rings is 2. The van der Waals surface area contributed by atoms with E-state index < -0.39 is 23.7 Å². The maximum Gasteiger partial charge on any atom is 0.217 e. The molecule has 2 rings (SSSR count).